The molecular weight excluding hydrogens is 375 g/mol. The Morgan fingerprint density at radius 1 is 1.25 bits per heavy atom. The average molecular weight is 390 g/mol. The van der Waals surface area contributed by atoms with E-state index >= 15 is 0 Å². The second kappa shape index (κ2) is 7.02. The van der Waals surface area contributed by atoms with E-state index in [0.29, 0.717) is 22.6 Å². The number of rotatable bonds is 4. The van der Waals surface area contributed by atoms with Gasteiger partial charge in [0.05, 0.1) is 0 Å². The number of aromatic nitrogens is 2. The quantitative estimate of drug-likeness (QED) is 0.386. The van der Waals surface area contributed by atoms with Gasteiger partial charge in [-0.1, -0.05) is 18.2 Å². The zero-order valence-corrected chi connectivity index (χ0v) is 14.5. The zero-order chi connectivity index (χ0) is 20.6. The van der Waals surface area contributed by atoms with E-state index in [1.165, 1.54) is 24.3 Å². The molecule has 0 saturated carbocycles. The third-order valence-corrected chi connectivity index (χ3v) is 3.88. The van der Waals surface area contributed by atoms with Crippen molar-refractivity contribution in [2.75, 3.05) is 5.73 Å². The number of hydrogen-bond acceptors (Lipinski definition) is 6. The summed E-state index contributed by atoms with van der Waals surface area (Å²) >= 11 is 0. The molecule has 0 unspecified atom stereocenters. The highest BCUT2D eigenvalue weighted by Gasteiger charge is 2.26. The van der Waals surface area contributed by atoms with E-state index < -0.39 is 19.3 Å². The van der Waals surface area contributed by atoms with Crippen molar-refractivity contribution in [3.63, 3.8) is 0 Å². The third kappa shape index (κ3) is 4.00. The molecule has 0 aliphatic heterocycles. The molecule has 8 nitrogen and oxygen atoms in total. The maximum atomic E-state index is 13.4. The number of nitrogens with two attached hydrogens (primary N) is 1. The summed E-state index contributed by atoms with van der Waals surface area (Å²) in [7, 11) is -1.82. The van der Waals surface area contributed by atoms with Gasteiger partial charge in [0.1, 0.15) is 17.0 Å². The lowest BCUT2D eigenvalue weighted by atomic mass is 9.79. The summed E-state index contributed by atoms with van der Waals surface area (Å²) in [6, 6.07) is 8.25. The van der Waals surface area contributed by atoms with Gasteiger partial charge in [0.25, 0.3) is 0 Å². The number of ether oxygens (including phenoxy) is 1. The van der Waals surface area contributed by atoms with Crippen molar-refractivity contribution >= 4 is 35.3 Å². The topological polar surface area (TPSA) is 130 Å². The van der Waals surface area contributed by atoms with E-state index in [1.54, 1.807) is 12.1 Å². The van der Waals surface area contributed by atoms with Gasteiger partial charge < -0.3 is 25.6 Å². The number of hydrogen-bond donors (Lipinski definition) is 4. The van der Waals surface area contributed by atoms with E-state index in [9.17, 15) is 23.6 Å². The van der Waals surface area contributed by atoms with Crippen LogP contribution in [0.3, 0.4) is 0 Å². The molecule has 144 valence electrons. The Bertz CT molecular complexity index is 1070. The standard InChI is InChI=1S/C17H14BF2N3O5/c1-17(19,20)28-15-5-3-10(18(26)27)7-12(15)9-2-4-11-13(21)8-23(16(24)25)22-14(11)6-9/h2-8,26-27H,1H3,(H2-,21,22,24,25)/p+1. The van der Waals surface area contributed by atoms with Crippen LogP contribution in [-0.2, 0) is 0 Å². The van der Waals surface area contributed by atoms with Crippen molar-refractivity contribution < 1.29 is 38.1 Å². The Morgan fingerprint density at radius 3 is 2.57 bits per heavy atom. The van der Waals surface area contributed by atoms with Crippen LogP contribution in [0.5, 0.6) is 5.75 Å². The molecule has 5 N–H and O–H groups in total. The summed E-state index contributed by atoms with van der Waals surface area (Å²) in [4.78, 5) is 11.2. The molecule has 11 heteroatoms. The van der Waals surface area contributed by atoms with Crippen LogP contribution in [0, 0.1) is 0 Å². The molecule has 0 bridgehead atoms. The Morgan fingerprint density at radius 2 is 1.96 bits per heavy atom. The number of fused-ring (bicyclic) bond motifs is 1. The van der Waals surface area contributed by atoms with Gasteiger partial charge in [-0.25, -0.2) is 0 Å². The van der Waals surface area contributed by atoms with Crippen molar-refractivity contribution in [3.8, 4) is 16.9 Å². The first-order valence-electron chi connectivity index (χ1n) is 7.98. The first-order valence-corrected chi connectivity index (χ1v) is 7.98. The lowest BCUT2D eigenvalue weighted by molar-refractivity contribution is -0.643. The fourth-order valence-electron chi connectivity index (χ4n) is 2.69. The molecule has 1 heterocycles. The minimum Gasteiger partial charge on any atom is -0.432 e. The molecule has 3 rings (SSSR count). The summed E-state index contributed by atoms with van der Waals surface area (Å²) in [5, 5.41) is 32.3. The lowest BCUT2D eigenvalue weighted by Crippen LogP contribution is -2.45. The minimum atomic E-state index is -3.47. The maximum absolute atomic E-state index is 13.4. The van der Waals surface area contributed by atoms with Crippen LogP contribution < -0.4 is 20.6 Å². The highest BCUT2D eigenvalue weighted by atomic mass is 19.3. The smallest absolute Gasteiger partial charge is 0.432 e. The van der Waals surface area contributed by atoms with Crippen LogP contribution >= 0.6 is 0 Å². The van der Waals surface area contributed by atoms with E-state index in [4.69, 9.17) is 10.8 Å². The summed E-state index contributed by atoms with van der Waals surface area (Å²) in [5.41, 5.74) is 6.74. The summed E-state index contributed by atoms with van der Waals surface area (Å²) in [5.74, 6) is -0.203. The molecular formula is C17H15BF2N3O5+. The van der Waals surface area contributed by atoms with Crippen molar-refractivity contribution in [2.24, 2.45) is 0 Å². The lowest BCUT2D eigenvalue weighted by Gasteiger charge is -2.17. The van der Waals surface area contributed by atoms with Gasteiger partial charge in [-0.05, 0) is 29.2 Å². The zero-order valence-electron chi connectivity index (χ0n) is 14.5. The van der Waals surface area contributed by atoms with Gasteiger partial charge in [0, 0.05) is 27.7 Å². The molecule has 3 aromatic rings. The highest BCUT2D eigenvalue weighted by molar-refractivity contribution is 6.58. The number of halogens is 2. The van der Waals surface area contributed by atoms with E-state index in [1.807, 2.05) is 0 Å². The monoisotopic (exact) mass is 390 g/mol. The number of benzene rings is 2. The molecule has 0 aliphatic rings. The molecule has 28 heavy (non-hydrogen) atoms. The second-order valence-corrected chi connectivity index (χ2v) is 6.08. The molecule has 0 spiro atoms. The fraction of sp³-hybridized carbons (Fsp3) is 0.118. The van der Waals surface area contributed by atoms with Gasteiger partial charge >= 0.3 is 19.3 Å². The number of nitrogen functional groups attached to an aromatic ring is 1. The molecule has 0 amide bonds. The predicted octanol–water partition coefficient (Wildman–Crippen LogP) is 0.969. The van der Waals surface area contributed by atoms with Crippen LogP contribution in [0.1, 0.15) is 6.92 Å². The second-order valence-electron chi connectivity index (χ2n) is 6.08. The largest absolute Gasteiger partial charge is 0.626 e. The molecule has 0 aliphatic carbocycles. The van der Waals surface area contributed by atoms with Gasteiger partial charge in [0.2, 0.25) is 6.20 Å². The Balaban J connectivity index is 2.22. The van der Waals surface area contributed by atoms with Crippen molar-refractivity contribution in [2.45, 2.75) is 13.0 Å². The SMILES string of the molecule is CC(F)(F)Oc1ccc(B(O)O)cc1-c1ccc2c(N)c[n+](C(=O)O)nc2c1. The van der Waals surface area contributed by atoms with Crippen LogP contribution in [0.25, 0.3) is 22.0 Å². The molecule has 0 saturated heterocycles. The average Bonchev–Trinajstić information content (AvgIpc) is 2.59. The predicted molar refractivity (Wildman–Crippen MR) is 96.3 cm³/mol. The minimum absolute atomic E-state index is 0.0583. The van der Waals surface area contributed by atoms with Gasteiger partial charge in [-0.15, -0.1) is 0 Å². The highest BCUT2D eigenvalue weighted by Crippen LogP contribution is 2.34. The van der Waals surface area contributed by atoms with Crippen molar-refractivity contribution in [1.29, 1.82) is 0 Å². The van der Waals surface area contributed by atoms with Gasteiger partial charge in [0.15, 0.2) is 0 Å². The number of alkyl halides is 2. The first kappa shape index (κ1) is 19.5. The normalized spacial score (nSPS) is 11.5. The Kier molecular flexibility index (Phi) is 4.88. The van der Waals surface area contributed by atoms with E-state index in [2.05, 4.69) is 9.84 Å². The maximum Gasteiger partial charge on any atom is 0.626 e. The van der Waals surface area contributed by atoms with Gasteiger partial charge in [-0.3, -0.25) is 0 Å². The van der Waals surface area contributed by atoms with Crippen LogP contribution in [-0.4, -0.2) is 39.6 Å². The molecule has 0 radical (unpaired) electrons. The van der Waals surface area contributed by atoms with E-state index in [-0.39, 0.29) is 28.0 Å². The summed E-state index contributed by atoms with van der Waals surface area (Å²) in [6.45, 7) is 0.573. The van der Waals surface area contributed by atoms with Crippen LogP contribution in [0.2, 0.25) is 0 Å². The van der Waals surface area contributed by atoms with Crippen molar-refractivity contribution in [1.82, 2.24) is 5.10 Å². The number of carboxylic acid groups (broad SMARTS) is 1. The molecule has 0 fully saturated rings. The molecule has 1 aromatic heterocycles. The first-order chi connectivity index (χ1) is 13.0. The summed E-state index contributed by atoms with van der Waals surface area (Å²) in [6.07, 6.45) is -3.68. The Hall–Kier alpha value is -3.31. The van der Waals surface area contributed by atoms with E-state index in [0.717, 1.165) is 6.20 Å². The van der Waals surface area contributed by atoms with Crippen molar-refractivity contribution in [3.05, 3.63) is 42.6 Å². The fourth-order valence-corrected chi connectivity index (χ4v) is 2.69. The van der Waals surface area contributed by atoms with Crippen LogP contribution in [0.15, 0.2) is 42.6 Å². The third-order valence-electron chi connectivity index (χ3n) is 3.88. The molecule has 0 atom stereocenters. The number of anilines is 1. The summed E-state index contributed by atoms with van der Waals surface area (Å²) < 4.78 is 32.1. The molecule has 2 aromatic carbocycles. The van der Waals surface area contributed by atoms with Crippen LogP contribution in [0.4, 0.5) is 19.3 Å². The Labute approximate surface area is 157 Å². The number of nitrogens with zero attached hydrogens (tertiary/aromatic N) is 2. The van der Waals surface area contributed by atoms with Gasteiger partial charge in [-0.2, -0.15) is 13.6 Å². The number of carbonyl (C=O) groups is 1.